The highest BCUT2D eigenvalue weighted by Crippen LogP contribution is 2.26. The molecule has 0 unspecified atom stereocenters. The second kappa shape index (κ2) is 7.09. The summed E-state index contributed by atoms with van der Waals surface area (Å²) in [5.41, 5.74) is 0.835. The van der Waals surface area contributed by atoms with Crippen molar-refractivity contribution in [1.82, 2.24) is 4.72 Å². The van der Waals surface area contributed by atoms with Gasteiger partial charge in [0.15, 0.2) is 0 Å². The molecule has 0 radical (unpaired) electrons. The minimum Gasteiger partial charge on any atom is -0.495 e. The van der Waals surface area contributed by atoms with E-state index in [0.29, 0.717) is 11.4 Å². The van der Waals surface area contributed by atoms with Crippen LogP contribution < -0.4 is 9.46 Å². The van der Waals surface area contributed by atoms with E-state index >= 15 is 0 Å². The number of methoxy groups -OCH3 is 1. The summed E-state index contributed by atoms with van der Waals surface area (Å²) in [6.45, 7) is 0.184. The van der Waals surface area contributed by atoms with Crippen molar-refractivity contribution >= 4 is 21.6 Å². The summed E-state index contributed by atoms with van der Waals surface area (Å²) in [6.07, 6.45) is 0.447. The van der Waals surface area contributed by atoms with E-state index in [0.717, 1.165) is 5.56 Å². The smallest absolute Gasteiger partial charge is 0.244 e. The van der Waals surface area contributed by atoms with E-state index in [1.807, 2.05) is 0 Å². The minimum atomic E-state index is -3.74. The Morgan fingerprint density at radius 1 is 1.18 bits per heavy atom. The quantitative estimate of drug-likeness (QED) is 0.877. The number of nitrogens with one attached hydrogen (secondary N) is 1. The van der Waals surface area contributed by atoms with Crippen molar-refractivity contribution in [1.29, 1.82) is 0 Å². The molecule has 1 N–H and O–H groups in total. The Morgan fingerprint density at radius 2 is 1.86 bits per heavy atom. The van der Waals surface area contributed by atoms with Gasteiger partial charge in [-0.25, -0.2) is 17.5 Å². The van der Waals surface area contributed by atoms with Gasteiger partial charge in [-0.1, -0.05) is 23.7 Å². The van der Waals surface area contributed by atoms with Crippen LogP contribution in [0.25, 0.3) is 0 Å². The van der Waals surface area contributed by atoms with Gasteiger partial charge in [0.25, 0.3) is 0 Å². The molecule has 0 aliphatic heterocycles. The number of hydrogen-bond donors (Lipinski definition) is 1. The van der Waals surface area contributed by atoms with Crippen LogP contribution in [-0.4, -0.2) is 22.1 Å². The molecule has 2 aromatic carbocycles. The van der Waals surface area contributed by atoms with E-state index in [4.69, 9.17) is 16.3 Å². The number of rotatable bonds is 6. The lowest BCUT2D eigenvalue weighted by Gasteiger charge is -2.11. The average molecular weight is 344 g/mol. The molecule has 0 aliphatic rings. The summed E-state index contributed by atoms with van der Waals surface area (Å²) in [6, 6.07) is 10.3. The molecule has 7 heteroatoms. The third-order valence-electron chi connectivity index (χ3n) is 3.03. The van der Waals surface area contributed by atoms with Gasteiger partial charge in [0.2, 0.25) is 10.0 Å². The van der Waals surface area contributed by atoms with Gasteiger partial charge in [0, 0.05) is 11.6 Å². The van der Waals surface area contributed by atoms with Gasteiger partial charge in [0.1, 0.15) is 16.5 Å². The number of ether oxygens (including phenoxy) is 1. The van der Waals surface area contributed by atoms with Gasteiger partial charge in [-0.3, -0.25) is 0 Å². The van der Waals surface area contributed by atoms with E-state index in [1.165, 1.54) is 31.4 Å². The first kappa shape index (κ1) is 16.7. The van der Waals surface area contributed by atoms with Crippen LogP contribution in [0.5, 0.6) is 5.75 Å². The Balaban J connectivity index is 2.08. The molecule has 2 rings (SSSR count). The van der Waals surface area contributed by atoms with Crippen molar-refractivity contribution in [2.75, 3.05) is 13.7 Å². The Bertz CT molecular complexity index is 748. The number of hydrogen-bond acceptors (Lipinski definition) is 3. The molecule has 0 bridgehead atoms. The fourth-order valence-electron chi connectivity index (χ4n) is 1.92. The zero-order valence-corrected chi connectivity index (χ0v) is 13.4. The van der Waals surface area contributed by atoms with Gasteiger partial charge in [-0.15, -0.1) is 0 Å². The Kier molecular flexibility index (Phi) is 5.39. The predicted molar refractivity (Wildman–Crippen MR) is 83.3 cm³/mol. The summed E-state index contributed by atoms with van der Waals surface area (Å²) < 4.78 is 44.9. The van der Waals surface area contributed by atoms with Gasteiger partial charge >= 0.3 is 0 Å². The van der Waals surface area contributed by atoms with Crippen molar-refractivity contribution in [3.8, 4) is 5.75 Å². The van der Waals surface area contributed by atoms with Crippen LogP contribution in [0.2, 0.25) is 5.02 Å². The maximum atomic E-state index is 12.8. The van der Waals surface area contributed by atoms with E-state index in [2.05, 4.69) is 4.72 Å². The molecular formula is C15H15ClFNO3S. The Hall–Kier alpha value is -1.63. The third kappa shape index (κ3) is 4.19. The van der Waals surface area contributed by atoms with E-state index in [-0.39, 0.29) is 23.0 Å². The Morgan fingerprint density at radius 3 is 2.50 bits per heavy atom. The molecule has 0 saturated heterocycles. The van der Waals surface area contributed by atoms with Gasteiger partial charge in [-0.2, -0.15) is 0 Å². The van der Waals surface area contributed by atoms with Crippen LogP contribution in [-0.2, 0) is 16.4 Å². The molecular weight excluding hydrogens is 329 g/mol. The molecule has 0 aliphatic carbocycles. The number of halogens is 2. The van der Waals surface area contributed by atoms with Crippen LogP contribution in [0.1, 0.15) is 5.56 Å². The normalized spacial score (nSPS) is 11.4. The molecule has 0 aromatic heterocycles. The van der Waals surface area contributed by atoms with E-state index in [1.54, 1.807) is 18.2 Å². The molecule has 0 fully saturated rings. The predicted octanol–water partition coefficient (Wildman–Crippen LogP) is 3.01. The first-order chi connectivity index (χ1) is 10.4. The van der Waals surface area contributed by atoms with E-state index < -0.39 is 10.0 Å². The fraction of sp³-hybridized carbons (Fsp3) is 0.200. The van der Waals surface area contributed by atoms with Crippen molar-refractivity contribution in [3.05, 3.63) is 58.9 Å². The summed E-state index contributed by atoms with van der Waals surface area (Å²) in [7, 11) is -2.35. The number of sulfonamides is 1. The summed E-state index contributed by atoms with van der Waals surface area (Å²) in [5.74, 6) is -0.105. The second-order valence-electron chi connectivity index (χ2n) is 4.57. The van der Waals surface area contributed by atoms with Crippen molar-refractivity contribution in [3.63, 3.8) is 0 Å². The lowest BCUT2D eigenvalue weighted by atomic mass is 10.1. The van der Waals surface area contributed by atoms with Crippen molar-refractivity contribution in [2.45, 2.75) is 11.3 Å². The van der Waals surface area contributed by atoms with Crippen LogP contribution in [0, 0.1) is 5.82 Å². The zero-order valence-electron chi connectivity index (χ0n) is 11.8. The van der Waals surface area contributed by atoms with Crippen molar-refractivity contribution < 1.29 is 17.5 Å². The highest BCUT2D eigenvalue weighted by atomic mass is 35.5. The van der Waals surface area contributed by atoms with Crippen molar-refractivity contribution in [2.24, 2.45) is 0 Å². The topological polar surface area (TPSA) is 55.4 Å². The highest BCUT2D eigenvalue weighted by Gasteiger charge is 2.19. The molecule has 22 heavy (non-hydrogen) atoms. The largest absolute Gasteiger partial charge is 0.495 e. The molecule has 4 nitrogen and oxygen atoms in total. The van der Waals surface area contributed by atoms with E-state index in [9.17, 15) is 12.8 Å². The standard InChI is InChI=1S/C15H15ClFNO3S/c1-21-14-7-4-12(16)10-15(14)22(19,20)18-9-8-11-2-5-13(17)6-3-11/h2-7,10,18H,8-9H2,1H3. The lowest BCUT2D eigenvalue weighted by molar-refractivity contribution is 0.402. The summed E-state index contributed by atoms with van der Waals surface area (Å²) >= 11 is 5.84. The summed E-state index contributed by atoms with van der Waals surface area (Å²) in [5, 5.41) is 0.305. The molecule has 2 aromatic rings. The first-order valence-corrected chi connectivity index (χ1v) is 8.36. The minimum absolute atomic E-state index is 0.0124. The molecule has 0 atom stereocenters. The van der Waals surface area contributed by atoms with Crippen LogP contribution >= 0.6 is 11.6 Å². The van der Waals surface area contributed by atoms with Gasteiger partial charge in [-0.05, 0) is 42.3 Å². The zero-order chi connectivity index (χ0) is 16.2. The molecule has 0 amide bonds. The van der Waals surface area contributed by atoms with Gasteiger partial charge < -0.3 is 4.74 Å². The third-order valence-corrected chi connectivity index (χ3v) is 4.75. The maximum absolute atomic E-state index is 12.8. The van der Waals surface area contributed by atoms with Crippen LogP contribution in [0.3, 0.4) is 0 Å². The first-order valence-electron chi connectivity index (χ1n) is 6.50. The van der Waals surface area contributed by atoms with Gasteiger partial charge in [0.05, 0.1) is 7.11 Å². The molecule has 118 valence electrons. The molecule has 0 saturated carbocycles. The summed E-state index contributed by atoms with van der Waals surface area (Å²) in [4.78, 5) is -0.0124. The molecule has 0 spiro atoms. The molecule has 0 heterocycles. The highest BCUT2D eigenvalue weighted by molar-refractivity contribution is 7.89. The maximum Gasteiger partial charge on any atom is 0.244 e. The van der Waals surface area contributed by atoms with Crippen LogP contribution in [0.15, 0.2) is 47.4 Å². The average Bonchev–Trinajstić information content (AvgIpc) is 2.49. The SMILES string of the molecule is COc1ccc(Cl)cc1S(=O)(=O)NCCc1ccc(F)cc1. The Labute approximate surface area is 133 Å². The monoisotopic (exact) mass is 343 g/mol. The lowest BCUT2D eigenvalue weighted by Crippen LogP contribution is -2.26. The second-order valence-corrected chi connectivity index (χ2v) is 6.74. The van der Waals surface area contributed by atoms with Crippen LogP contribution in [0.4, 0.5) is 4.39 Å². The number of benzene rings is 2. The fourth-order valence-corrected chi connectivity index (χ4v) is 3.38.